The van der Waals surface area contributed by atoms with Crippen molar-refractivity contribution in [3.8, 4) is 0 Å². The largest absolute Gasteiger partial charge is 0.316 e. The third-order valence-electron chi connectivity index (χ3n) is 2.03. The summed E-state index contributed by atoms with van der Waals surface area (Å²) in [7, 11) is -0.0813. The third-order valence-corrected chi connectivity index (χ3v) is 3.22. The topological polar surface area (TPSA) is 73.3 Å². The third kappa shape index (κ3) is 4.16. The lowest BCUT2D eigenvalue weighted by Crippen LogP contribution is -2.27. The van der Waals surface area contributed by atoms with Crippen LogP contribution in [0.1, 0.15) is 6.92 Å². The van der Waals surface area contributed by atoms with Crippen LogP contribution in [-0.2, 0) is 10.0 Å². The van der Waals surface area contributed by atoms with E-state index < -0.39 is 10.0 Å². The first-order valence-electron chi connectivity index (χ1n) is 4.83. The molecule has 92 valence electrons. The van der Waals surface area contributed by atoms with Gasteiger partial charge in [0, 0.05) is 25.4 Å². The number of hydrogen-bond acceptors (Lipinski definition) is 4. The SMILES string of the molecule is C/C=C\C(=C(/C=N)CNC)N(C)S(C)(=O)=O. The molecule has 2 N–H and O–H groups in total. The number of nitrogens with one attached hydrogen (secondary N) is 2. The molecule has 0 saturated carbocycles. The van der Waals surface area contributed by atoms with E-state index >= 15 is 0 Å². The minimum atomic E-state index is -3.30. The van der Waals surface area contributed by atoms with Gasteiger partial charge in [-0.3, -0.25) is 4.31 Å². The normalized spacial score (nSPS) is 13.8. The summed E-state index contributed by atoms with van der Waals surface area (Å²) in [5, 5.41) is 10.2. The van der Waals surface area contributed by atoms with Gasteiger partial charge in [0.1, 0.15) is 0 Å². The molecular formula is C10H19N3O2S. The fourth-order valence-corrected chi connectivity index (χ4v) is 1.69. The zero-order chi connectivity index (χ0) is 12.8. The summed E-state index contributed by atoms with van der Waals surface area (Å²) >= 11 is 0. The lowest BCUT2D eigenvalue weighted by atomic mass is 10.2. The van der Waals surface area contributed by atoms with Gasteiger partial charge in [0.15, 0.2) is 0 Å². The Hall–Kier alpha value is -1.14. The molecule has 0 aromatic rings. The first-order valence-corrected chi connectivity index (χ1v) is 6.68. The molecule has 5 nitrogen and oxygen atoms in total. The van der Waals surface area contributed by atoms with Crippen LogP contribution in [0, 0.1) is 5.41 Å². The Morgan fingerprint density at radius 1 is 1.50 bits per heavy atom. The van der Waals surface area contributed by atoms with Gasteiger partial charge in [0.2, 0.25) is 10.0 Å². The van der Waals surface area contributed by atoms with Crippen molar-refractivity contribution >= 4 is 16.2 Å². The van der Waals surface area contributed by atoms with Crippen LogP contribution < -0.4 is 5.32 Å². The van der Waals surface area contributed by atoms with Crippen LogP contribution in [0.25, 0.3) is 0 Å². The zero-order valence-electron chi connectivity index (χ0n) is 10.1. The monoisotopic (exact) mass is 245 g/mol. The van der Waals surface area contributed by atoms with Crippen LogP contribution in [0.3, 0.4) is 0 Å². The summed E-state index contributed by atoms with van der Waals surface area (Å²) in [6.45, 7) is 2.25. The van der Waals surface area contributed by atoms with Crippen LogP contribution in [0.5, 0.6) is 0 Å². The van der Waals surface area contributed by atoms with Gasteiger partial charge < -0.3 is 10.7 Å². The van der Waals surface area contributed by atoms with Gasteiger partial charge in [-0.05, 0) is 20.0 Å². The zero-order valence-corrected chi connectivity index (χ0v) is 10.9. The maximum absolute atomic E-state index is 11.4. The van der Waals surface area contributed by atoms with E-state index in [1.807, 2.05) is 0 Å². The molecule has 6 heteroatoms. The summed E-state index contributed by atoms with van der Waals surface area (Å²) in [6.07, 6.45) is 5.72. The lowest BCUT2D eigenvalue weighted by Gasteiger charge is -2.20. The molecule has 0 aromatic carbocycles. The van der Waals surface area contributed by atoms with Crippen LogP contribution in [-0.4, -0.2) is 45.8 Å². The van der Waals surface area contributed by atoms with E-state index in [2.05, 4.69) is 5.32 Å². The Balaban J connectivity index is 5.52. The summed E-state index contributed by atoms with van der Waals surface area (Å²) in [5.41, 5.74) is 1.13. The molecular weight excluding hydrogens is 226 g/mol. The fourth-order valence-electron chi connectivity index (χ4n) is 1.16. The summed E-state index contributed by atoms with van der Waals surface area (Å²) in [4.78, 5) is 0. The maximum Gasteiger partial charge on any atom is 0.232 e. The minimum Gasteiger partial charge on any atom is -0.316 e. The van der Waals surface area contributed by atoms with Gasteiger partial charge >= 0.3 is 0 Å². The first kappa shape index (κ1) is 14.9. The van der Waals surface area contributed by atoms with Crippen LogP contribution in [0.2, 0.25) is 0 Å². The number of likely N-dealkylation sites (N-methyl/N-ethyl adjacent to an activating group) is 2. The Labute approximate surface area is 97.4 Å². The summed E-state index contributed by atoms with van der Waals surface area (Å²) in [5.74, 6) is 0. The molecule has 0 aliphatic rings. The highest BCUT2D eigenvalue weighted by molar-refractivity contribution is 7.88. The Morgan fingerprint density at radius 3 is 2.38 bits per heavy atom. The molecule has 0 amide bonds. The van der Waals surface area contributed by atoms with E-state index in [4.69, 9.17) is 5.41 Å². The van der Waals surface area contributed by atoms with E-state index in [-0.39, 0.29) is 0 Å². The molecule has 0 rings (SSSR count). The van der Waals surface area contributed by atoms with Crippen LogP contribution in [0.4, 0.5) is 0 Å². The molecule has 0 fully saturated rings. The van der Waals surface area contributed by atoms with Crippen molar-refractivity contribution in [3.05, 3.63) is 23.4 Å². The second-order valence-electron chi connectivity index (χ2n) is 3.32. The molecule has 0 saturated heterocycles. The number of rotatable bonds is 6. The quantitative estimate of drug-likeness (QED) is 0.531. The number of nitrogens with zero attached hydrogens (tertiary/aromatic N) is 1. The second-order valence-corrected chi connectivity index (χ2v) is 5.33. The van der Waals surface area contributed by atoms with Gasteiger partial charge in [-0.25, -0.2) is 8.42 Å². The standard InChI is InChI=1S/C10H19N3O2S/c1-5-6-10(9(7-11)8-12-2)13(3)16(4,14)15/h5-7,11-12H,8H2,1-4H3/b6-5-,10-9-,11-7?. The van der Waals surface area contributed by atoms with E-state index in [1.165, 1.54) is 11.4 Å². The highest BCUT2D eigenvalue weighted by Gasteiger charge is 2.15. The highest BCUT2D eigenvalue weighted by Crippen LogP contribution is 2.12. The Bertz CT molecular complexity index is 396. The lowest BCUT2D eigenvalue weighted by molar-refractivity contribution is 0.534. The van der Waals surface area contributed by atoms with E-state index in [0.29, 0.717) is 17.8 Å². The first-order chi connectivity index (χ1) is 7.38. The number of hydrogen-bond donors (Lipinski definition) is 2. The van der Waals surface area contributed by atoms with Crippen molar-refractivity contribution in [3.63, 3.8) is 0 Å². The molecule has 0 atom stereocenters. The van der Waals surface area contributed by atoms with E-state index in [1.54, 1.807) is 26.1 Å². The summed E-state index contributed by atoms with van der Waals surface area (Å²) < 4.78 is 24.0. The van der Waals surface area contributed by atoms with Crippen molar-refractivity contribution in [2.45, 2.75) is 6.92 Å². The van der Waals surface area contributed by atoms with Gasteiger partial charge in [-0.1, -0.05) is 6.08 Å². The predicted molar refractivity (Wildman–Crippen MR) is 67.2 cm³/mol. The minimum absolute atomic E-state index is 0.447. The van der Waals surface area contributed by atoms with Crippen molar-refractivity contribution < 1.29 is 8.42 Å². The Morgan fingerprint density at radius 2 is 2.06 bits per heavy atom. The van der Waals surface area contributed by atoms with Crippen molar-refractivity contribution in [2.75, 3.05) is 26.9 Å². The molecule has 0 aliphatic heterocycles. The van der Waals surface area contributed by atoms with Crippen LogP contribution in [0.15, 0.2) is 23.4 Å². The predicted octanol–water partition coefficient (Wildman–Crippen LogP) is 0.577. The number of sulfonamides is 1. The summed E-state index contributed by atoms with van der Waals surface area (Å²) in [6, 6.07) is 0. The average Bonchev–Trinajstić information content (AvgIpc) is 2.21. The van der Waals surface area contributed by atoms with Gasteiger partial charge in [-0.15, -0.1) is 0 Å². The molecule has 16 heavy (non-hydrogen) atoms. The molecule has 0 spiro atoms. The highest BCUT2D eigenvalue weighted by atomic mass is 32.2. The van der Waals surface area contributed by atoms with Crippen LogP contribution >= 0.6 is 0 Å². The van der Waals surface area contributed by atoms with E-state index in [0.717, 1.165) is 12.5 Å². The fraction of sp³-hybridized carbons (Fsp3) is 0.500. The second kappa shape index (κ2) is 6.44. The molecule has 0 heterocycles. The maximum atomic E-state index is 11.4. The van der Waals surface area contributed by atoms with Gasteiger partial charge in [0.25, 0.3) is 0 Å². The average molecular weight is 245 g/mol. The molecule has 0 radical (unpaired) electrons. The van der Waals surface area contributed by atoms with Crippen molar-refractivity contribution in [2.24, 2.45) is 0 Å². The molecule has 0 unspecified atom stereocenters. The van der Waals surface area contributed by atoms with Crippen molar-refractivity contribution in [1.29, 1.82) is 5.41 Å². The van der Waals surface area contributed by atoms with E-state index in [9.17, 15) is 8.42 Å². The Kier molecular flexibility index (Phi) is 5.98. The molecule has 0 aliphatic carbocycles. The smallest absolute Gasteiger partial charge is 0.232 e. The molecule has 0 bridgehead atoms. The van der Waals surface area contributed by atoms with Crippen molar-refractivity contribution in [1.82, 2.24) is 9.62 Å². The van der Waals surface area contributed by atoms with Gasteiger partial charge in [0.05, 0.1) is 12.0 Å². The molecule has 0 aromatic heterocycles. The van der Waals surface area contributed by atoms with Gasteiger partial charge in [-0.2, -0.15) is 0 Å². The number of allylic oxidation sites excluding steroid dienone is 2.